The first kappa shape index (κ1) is 18.2. The Balaban J connectivity index is 1.72. The van der Waals surface area contributed by atoms with Gasteiger partial charge < -0.3 is 9.80 Å². The van der Waals surface area contributed by atoms with Crippen molar-refractivity contribution in [3.8, 4) is 0 Å². The topological polar surface area (TPSA) is 58.0 Å². The first-order valence-corrected chi connectivity index (χ1v) is 9.78. The summed E-state index contributed by atoms with van der Waals surface area (Å²) < 4.78 is 0. The number of anilines is 2. The molecule has 0 saturated carbocycles. The third-order valence-electron chi connectivity index (χ3n) is 4.71. The second-order valence-electron chi connectivity index (χ2n) is 6.72. The van der Waals surface area contributed by atoms with Crippen molar-refractivity contribution in [3.63, 3.8) is 0 Å². The molecule has 1 saturated heterocycles. The lowest BCUT2D eigenvalue weighted by molar-refractivity contribution is 0.574. The van der Waals surface area contributed by atoms with Crippen LogP contribution in [0.15, 0.2) is 30.3 Å². The molecular weight excluding hydrogens is 383 g/mol. The minimum Gasteiger partial charge on any atom is -0.355 e. The van der Waals surface area contributed by atoms with Crippen molar-refractivity contribution in [2.75, 3.05) is 29.9 Å². The van der Waals surface area contributed by atoms with Crippen molar-refractivity contribution in [2.45, 2.75) is 25.8 Å². The zero-order valence-corrected chi connectivity index (χ0v) is 16.6. The summed E-state index contributed by atoms with van der Waals surface area (Å²) in [5.41, 5.74) is 2.23. The lowest BCUT2D eigenvalue weighted by Gasteiger charge is -2.28. The van der Waals surface area contributed by atoms with Crippen LogP contribution in [0.5, 0.6) is 0 Å². The molecule has 27 heavy (non-hydrogen) atoms. The maximum Gasteiger partial charge on any atom is 0.226 e. The molecule has 0 unspecified atom stereocenters. The molecule has 4 rings (SSSR count). The molecule has 140 valence electrons. The third kappa shape index (κ3) is 3.92. The van der Waals surface area contributed by atoms with Gasteiger partial charge >= 0.3 is 0 Å². The second kappa shape index (κ2) is 7.82. The van der Waals surface area contributed by atoms with E-state index in [0.717, 1.165) is 37.3 Å². The van der Waals surface area contributed by atoms with Gasteiger partial charge in [-0.2, -0.15) is 9.97 Å². The number of fused-ring (bicyclic) bond motifs is 1. The highest BCUT2D eigenvalue weighted by atomic mass is 35.5. The summed E-state index contributed by atoms with van der Waals surface area (Å²) in [6, 6.07) is 10.1. The number of hydrogen-bond acceptors (Lipinski definition) is 6. The summed E-state index contributed by atoms with van der Waals surface area (Å²) in [4.78, 5) is 22.1. The molecule has 0 bridgehead atoms. The summed E-state index contributed by atoms with van der Waals surface area (Å²) in [6.07, 6.45) is 3.48. The predicted octanol–water partition coefficient (Wildman–Crippen LogP) is 4.35. The van der Waals surface area contributed by atoms with Gasteiger partial charge in [0.05, 0.1) is 0 Å². The highest BCUT2D eigenvalue weighted by Crippen LogP contribution is 2.30. The number of hydrogen-bond donors (Lipinski definition) is 0. The Bertz CT molecular complexity index is 944. The molecule has 0 aliphatic carbocycles. The monoisotopic (exact) mass is 402 g/mol. The molecule has 6 nitrogen and oxygen atoms in total. The van der Waals surface area contributed by atoms with Gasteiger partial charge in [0.25, 0.3) is 0 Å². The van der Waals surface area contributed by atoms with Gasteiger partial charge in [0.15, 0.2) is 28.0 Å². The average molecular weight is 403 g/mol. The van der Waals surface area contributed by atoms with Crippen LogP contribution in [0.4, 0.5) is 11.6 Å². The van der Waals surface area contributed by atoms with E-state index in [9.17, 15) is 0 Å². The smallest absolute Gasteiger partial charge is 0.226 e. The fraction of sp³-hybridized carbons (Fsp3) is 0.368. The van der Waals surface area contributed by atoms with Crippen molar-refractivity contribution in [1.29, 1.82) is 0 Å². The van der Waals surface area contributed by atoms with E-state index < -0.39 is 0 Å². The number of rotatable bonds is 4. The molecule has 0 atom stereocenters. The molecule has 1 aliphatic heterocycles. The molecule has 0 N–H and O–H groups in total. The molecule has 3 heterocycles. The summed E-state index contributed by atoms with van der Waals surface area (Å²) in [5, 5.41) is 0.515. The number of nitrogens with zero attached hydrogens (tertiary/aromatic N) is 6. The van der Waals surface area contributed by atoms with Gasteiger partial charge in [0.2, 0.25) is 5.28 Å². The lowest BCUT2D eigenvalue weighted by Crippen LogP contribution is -2.30. The van der Waals surface area contributed by atoms with Crippen molar-refractivity contribution in [1.82, 2.24) is 19.9 Å². The molecule has 8 heteroatoms. The van der Waals surface area contributed by atoms with Gasteiger partial charge in [-0.15, -0.1) is 0 Å². The third-order valence-corrected chi connectivity index (χ3v) is 5.13. The summed E-state index contributed by atoms with van der Waals surface area (Å²) in [5.74, 6) is 1.30. The Labute approximate surface area is 168 Å². The van der Waals surface area contributed by atoms with Crippen LogP contribution in [-0.2, 0) is 6.54 Å². The molecule has 0 spiro atoms. The Kier molecular flexibility index (Phi) is 5.27. The molecule has 3 aromatic rings. The molecule has 2 aromatic heterocycles. The SMILES string of the molecule is CN(Cc1ccccc1)c1nc2nc(Cl)nc(N3CCCCC3)c2nc1Cl. The lowest BCUT2D eigenvalue weighted by atomic mass is 10.1. The van der Waals surface area contributed by atoms with E-state index >= 15 is 0 Å². The molecule has 0 amide bonds. The number of halogens is 2. The normalized spacial score (nSPS) is 14.6. The number of piperidine rings is 1. The Hall–Kier alpha value is -2.18. The van der Waals surface area contributed by atoms with E-state index in [1.165, 1.54) is 6.42 Å². The quantitative estimate of drug-likeness (QED) is 0.604. The van der Waals surface area contributed by atoms with E-state index in [4.69, 9.17) is 23.2 Å². The minimum atomic E-state index is 0.177. The molecule has 1 fully saturated rings. The van der Waals surface area contributed by atoms with Gasteiger partial charge in [-0.25, -0.2) is 9.97 Å². The summed E-state index contributed by atoms with van der Waals surface area (Å²) >= 11 is 12.7. The van der Waals surface area contributed by atoms with Crippen molar-refractivity contribution < 1.29 is 0 Å². The Morgan fingerprint density at radius 1 is 0.963 bits per heavy atom. The van der Waals surface area contributed by atoms with E-state index in [2.05, 4.69) is 37.0 Å². The van der Waals surface area contributed by atoms with Crippen molar-refractivity contribution in [2.24, 2.45) is 0 Å². The zero-order valence-electron chi connectivity index (χ0n) is 15.1. The second-order valence-corrected chi connectivity index (χ2v) is 7.41. The maximum atomic E-state index is 6.49. The van der Waals surface area contributed by atoms with Crippen LogP contribution in [-0.4, -0.2) is 40.1 Å². The van der Waals surface area contributed by atoms with Gasteiger partial charge in [0.1, 0.15) is 0 Å². The van der Waals surface area contributed by atoms with Gasteiger partial charge in [-0.1, -0.05) is 41.9 Å². The molecule has 0 radical (unpaired) electrons. The van der Waals surface area contributed by atoms with Gasteiger partial charge in [0, 0.05) is 26.7 Å². The Morgan fingerprint density at radius 3 is 2.44 bits per heavy atom. The van der Waals surface area contributed by atoms with E-state index in [0.29, 0.717) is 28.7 Å². The number of aromatic nitrogens is 4. The van der Waals surface area contributed by atoms with E-state index in [1.807, 2.05) is 30.1 Å². The molecular formula is C19H20Cl2N6. The number of benzene rings is 1. The van der Waals surface area contributed by atoms with Crippen LogP contribution in [0.2, 0.25) is 10.4 Å². The van der Waals surface area contributed by atoms with Crippen LogP contribution >= 0.6 is 23.2 Å². The van der Waals surface area contributed by atoms with Crippen LogP contribution in [0.1, 0.15) is 24.8 Å². The first-order chi connectivity index (χ1) is 13.1. The molecule has 1 aliphatic rings. The zero-order chi connectivity index (χ0) is 18.8. The van der Waals surface area contributed by atoms with Crippen molar-refractivity contribution >= 4 is 46.0 Å². The molecule has 1 aromatic carbocycles. The highest BCUT2D eigenvalue weighted by molar-refractivity contribution is 6.32. The average Bonchev–Trinajstić information content (AvgIpc) is 2.68. The van der Waals surface area contributed by atoms with E-state index in [-0.39, 0.29) is 5.28 Å². The summed E-state index contributed by atoms with van der Waals surface area (Å²) in [7, 11) is 1.93. The van der Waals surface area contributed by atoms with Gasteiger partial charge in [-0.3, -0.25) is 0 Å². The fourth-order valence-corrected chi connectivity index (χ4v) is 3.81. The van der Waals surface area contributed by atoms with Crippen LogP contribution in [0, 0.1) is 0 Å². The van der Waals surface area contributed by atoms with Crippen LogP contribution in [0.25, 0.3) is 11.2 Å². The maximum absolute atomic E-state index is 6.49. The standard InChI is InChI=1S/C19H20Cl2N6/c1-26(12-13-8-4-2-5-9-13)18-15(20)22-14-16(23-18)24-19(21)25-17(14)27-10-6-3-7-11-27/h2,4-5,8-9H,3,6-7,10-12H2,1H3. The minimum absolute atomic E-state index is 0.177. The van der Waals surface area contributed by atoms with E-state index in [1.54, 1.807) is 0 Å². The largest absolute Gasteiger partial charge is 0.355 e. The first-order valence-electron chi connectivity index (χ1n) is 9.02. The highest BCUT2D eigenvalue weighted by Gasteiger charge is 2.21. The summed E-state index contributed by atoms with van der Waals surface area (Å²) in [6.45, 7) is 2.52. The predicted molar refractivity (Wildman–Crippen MR) is 110 cm³/mol. The van der Waals surface area contributed by atoms with Crippen LogP contribution < -0.4 is 9.80 Å². The van der Waals surface area contributed by atoms with Crippen molar-refractivity contribution in [3.05, 3.63) is 46.3 Å². The van der Waals surface area contributed by atoms with Gasteiger partial charge in [-0.05, 0) is 36.4 Å². The fourth-order valence-electron chi connectivity index (χ4n) is 3.38. The Morgan fingerprint density at radius 2 is 1.70 bits per heavy atom. The van der Waals surface area contributed by atoms with Crippen LogP contribution in [0.3, 0.4) is 0 Å².